The molecular weight excluding hydrogens is 389 g/mol. The molecule has 0 bridgehead atoms. The first-order valence-corrected chi connectivity index (χ1v) is 9.85. The lowest BCUT2D eigenvalue weighted by Crippen LogP contribution is -2.38. The molecule has 0 aliphatic rings. The van der Waals surface area contributed by atoms with Crippen molar-refractivity contribution in [1.29, 1.82) is 0 Å². The van der Waals surface area contributed by atoms with Gasteiger partial charge in [0.05, 0.1) is 22.8 Å². The summed E-state index contributed by atoms with van der Waals surface area (Å²) in [6.07, 6.45) is -2.81. The van der Waals surface area contributed by atoms with E-state index in [1.807, 2.05) is 31.2 Å². The standard InChI is InChI=1S/C18H25F3N6S/c1-4-22-17(27(3)11-15-12-28-13(2)26-15)24-9-5-8-23-16-7-6-14(10-25-16)18(19,20)21/h6-7,10,12H,4-5,8-9,11H2,1-3H3,(H,22,24)(H,23,25). The zero-order valence-electron chi connectivity index (χ0n) is 16.2. The quantitative estimate of drug-likeness (QED) is 0.391. The molecule has 2 N–H and O–H groups in total. The van der Waals surface area contributed by atoms with E-state index in [0.29, 0.717) is 25.5 Å². The number of halogens is 3. The molecule has 2 heterocycles. The van der Waals surface area contributed by atoms with E-state index in [-0.39, 0.29) is 0 Å². The molecule has 2 rings (SSSR count). The lowest BCUT2D eigenvalue weighted by Gasteiger charge is -2.21. The molecule has 2 aromatic heterocycles. The average molecular weight is 415 g/mol. The van der Waals surface area contributed by atoms with Crippen LogP contribution in [-0.2, 0) is 12.7 Å². The number of anilines is 1. The summed E-state index contributed by atoms with van der Waals surface area (Å²) >= 11 is 1.62. The zero-order valence-corrected chi connectivity index (χ0v) is 17.0. The summed E-state index contributed by atoms with van der Waals surface area (Å²) in [6, 6.07) is 2.35. The van der Waals surface area contributed by atoms with Crippen molar-refractivity contribution in [1.82, 2.24) is 20.2 Å². The molecule has 0 saturated heterocycles. The summed E-state index contributed by atoms with van der Waals surface area (Å²) in [7, 11) is 1.96. The van der Waals surface area contributed by atoms with Gasteiger partial charge in [0.25, 0.3) is 0 Å². The highest BCUT2D eigenvalue weighted by molar-refractivity contribution is 7.09. The number of nitrogens with one attached hydrogen (secondary N) is 2. The Morgan fingerprint density at radius 1 is 1.32 bits per heavy atom. The number of nitrogens with zero attached hydrogens (tertiary/aromatic N) is 4. The smallest absolute Gasteiger partial charge is 0.370 e. The summed E-state index contributed by atoms with van der Waals surface area (Å²) < 4.78 is 37.6. The van der Waals surface area contributed by atoms with Gasteiger partial charge in [-0.2, -0.15) is 13.2 Å². The first-order valence-electron chi connectivity index (χ1n) is 8.97. The monoisotopic (exact) mass is 414 g/mol. The van der Waals surface area contributed by atoms with Crippen molar-refractivity contribution in [3.05, 3.63) is 40.0 Å². The van der Waals surface area contributed by atoms with Crippen LogP contribution < -0.4 is 10.6 Å². The van der Waals surface area contributed by atoms with Crippen LogP contribution in [0.2, 0.25) is 0 Å². The van der Waals surface area contributed by atoms with Crippen molar-refractivity contribution in [3.63, 3.8) is 0 Å². The fourth-order valence-electron chi connectivity index (χ4n) is 2.42. The lowest BCUT2D eigenvalue weighted by molar-refractivity contribution is -0.137. The van der Waals surface area contributed by atoms with Crippen LogP contribution in [0.15, 0.2) is 28.7 Å². The molecular formula is C18H25F3N6S. The van der Waals surface area contributed by atoms with Gasteiger partial charge in [-0.05, 0) is 32.4 Å². The fourth-order valence-corrected chi connectivity index (χ4v) is 3.02. The molecule has 0 spiro atoms. The van der Waals surface area contributed by atoms with E-state index in [1.54, 1.807) is 11.3 Å². The topological polar surface area (TPSA) is 65.4 Å². The number of alkyl halides is 3. The van der Waals surface area contributed by atoms with E-state index >= 15 is 0 Å². The van der Waals surface area contributed by atoms with Crippen LogP contribution >= 0.6 is 11.3 Å². The van der Waals surface area contributed by atoms with Crippen LogP contribution in [-0.4, -0.2) is 47.5 Å². The van der Waals surface area contributed by atoms with E-state index in [9.17, 15) is 13.2 Å². The molecule has 6 nitrogen and oxygen atoms in total. The fraction of sp³-hybridized carbons (Fsp3) is 0.500. The van der Waals surface area contributed by atoms with Crippen LogP contribution in [0.25, 0.3) is 0 Å². The van der Waals surface area contributed by atoms with Gasteiger partial charge in [-0.1, -0.05) is 0 Å². The Hall–Kier alpha value is -2.36. The van der Waals surface area contributed by atoms with Gasteiger partial charge in [-0.3, -0.25) is 4.99 Å². The third-order valence-corrected chi connectivity index (χ3v) is 4.58. The maximum absolute atomic E-state index is 12.5. The van der Waals surface area contributed by atoms with Gasteiger partial charge in [0.1, 0.15) is 5.82 Å². The van der Waals surface area contributed by atoms with Gasteiger partial charge in [0, 0.05) is 38.3 Å². The Bertz CT molecular complexity index is 757. The first-order chi connectivity index (χ1) is 13.3. The molecule has 0 amide bonds. The summed E-state index contributed by atoms with van der Waals surface area (Å²) in [4.78, 5) is 14.9. The van der Waals surface area contributed by atoms with E-state index in [4.69, 9.17) is 0 Å². The van der Waals surface area contributed by atoms with Crippen LogP contribution in [0.5, 0.6) is 0 Å². The molecule has 0 atom stereocenters. The van der Waals surface area contributed by atoms with Gasteiger partial charge in [-0.25, -0.2) is 9.97 Å². The first kappa shape index (κ1) is 21.9. The zero-order chi connectivity index (χ0) is 20.6. The second kappa shape index (κ2) is 10.3. The number of rotatable bonds is 8. The number of hydrogen-bond acceptors (Lipinski definition) is 5. The highest BCUT2D eigenvalue weighted by Crippen LogP contribution is 2.28. The van der Waals surface area contributed by atoms with Crippen molar-refractivity contribution in [3.8, 4) is 0 Å². The summed E-state index contributed by atoms with van der Waals surface area (Å²) in [6.45, 7) is 6.56. The average Bonchev–Trinajstić information content (AvgIpc) is 3.05. The Morgan fingerprint density at radius 3 is 2.68 bits per heavy atom. The Morgan fingerprint density at radius 2 is 2.11 bits per heavy atom. The van der Waals surface area contributed by atoms with Gasteiger partial charge in [-0.15, -0.1) is 11.3 Å². The van der Waals surface area contributed by atoms with Gasteiger partial charge >= 0.3 is 6.18 Å². The van der Waals surface area contributed by atoms with Crippen molar-refractivity contribution >= 4 is 23.1 Å². The van der Waals surface area contributed by atoms with Crippen molar-refractivity contribution in [2.24, 2.45) is 4.99 Å². The minimum absolute atomic E-state index is 0.417. The second-order valence-corrected chi connectivity index (χ2v) is 7.22. The summed E-state index contributed by atoms with van der Waals surface area (Å²) in [5.41, 5.74) is 0.252. The summed E-state index contributed by atoms with van der Waals surface area (Å²) in [5.74, 6) is 1.21. The maximum Gasteiger partial charge on any atom is 0.417 e. The molecule has 0 unspecified atom stereocenters. The van der Waals surface area contributed by atoms with E-state index in [1.165, 1.54) is 6.07 Å². The second-order valence-electron chi connectivity index (χ2n) is 6.16. The Labute approximate surface area is 166 Å². The summed E-state index contributed by atoms with van der Waals surface area (Å²) in [5, 5.41) is 9.33. The number of hydrogen-bond donors (Lipinski definition) is 2. The molecule has 0 aliphatic heterocycles. The number of aromatic nitrogens is 2. The van der Waals surface area contributed by atoms with Crippen LogP contribution in [0.3, 0.4) is 0 Å². The lowest BCUT2D eigenvalue weighted by atomic mass is 10.3. The number of aryl methyl sites for hydroxylation is 1. The highest BCUT2D eigenvalue weighted by atomic mass is 32.1. The molecule has 0 saturated carbocycles. The van der Waals surface area contributed by atoms with E-state index < -0.39 is 11.7 Å². The predicted octanol–water partition coefficient (Wildman–Crippen LogP) is 3.76. The minimum Gasteiger partial charge on any atom is -0.370 e. The molecule has 0 radical (unpaired) electrons. The van der Waals surface area contributed by atoms with Crippen molar-refractivity contribution in [2.75, 3.05) is 32.0 Å². The Kier molecular flexibility index (Phi) is 8.04. The van der Waals surface area contributed by atoms with Crippen molar-refractivity contribution in [2.45, 2.75) is 33.0 Å². The van der Waals surface area contributed by atoms with Crippen LogP contribution in [0, 0.1) is 6.92 Å². The largest absolute Gasteiger partial charge is 0.417 e. The highest BCUT2D eigenvalue weighted by Gasteiger charge is 2.30. The predicted molar refractivity (Wildman–Crippen MR) is 107 cm³/mol. The molecule has 28 heavy (non-hydrogen) atoms. The normalized spacial score (nSPS) is 12.1. The van der Waals surface area contributed by atoms with Gasteiger partial charge in [0.15, 0.2) is 5.96 Å². The SMILES string of the molecule is CCNC(=NCCCNc1ccc(C(F)(F)F)cn1)N(C)Cc1csc(C)n1. The molecule has 0 aliphatic carbocycles. The van der Waals surface area contributed by atoms with Crippen molar-refractivity contribution < 1.29 is 13.2 Å². The maximum atomic E-state index is 12.5. The van der Waals surface area contributed by atoms with E-state index in [0.717, 1.165) is 41.9 Å². The third-order valence-electron chi connectivity index (χ3n) is 3.76. The molecule has 0 fully saturated rings. The van der Waals surface area contributed by atoms with E-state index in [2.05, 4.69) is 25.6 Å². The molecule has 154 valence electrons. The van der Waals surface area contributed by atoms with Crippen LogP contribution in [0.4, 0.5) is 19.0 Å². The van der Waals surface area contributed by atoms with Crippen LogP contribution in [0.1, 0.15) is 29.6 Å². The number of aliphatic imine (C=N–C) groups is 1. The van der Waals surface area contributed by atoms with Gasteiger partial charge in [0.2, 0.25) is 0 Å². The number of guanidine groups is 1. The van der Waals surface area contributed by atoms with Gasteiger partial charge < -0.3 is 15.5 Å². The Balaban J connectivity index is 1.79. The number of thiazole rings is 1. The minimum atomic E-state index is -4.37. The molecule has 0 aromatic carbocycles. The number of pyridine rings is 1. The third kappa shape index (κ3) is 6.99. The molecule has 2 aromatic rings. The molecule has 10 heteroatoms.